The number of nitro benzene ring substituents is 1. The topological polar surface area (TPSA) is 88.0 Å². The van der Waals surface area contributed by atoms with Gasteiger partial charge in [-0.05, 0) is 33.8 Å². The molecule has 26 heavy (non-hydrogen) atoms. The molecule has 1 aliphatic rings. The zero-order chi connectivity index (χ0) is 19.5. The lowest BCUT2D eigenvalue weighted by Crippen LogP contribution is -2.50. The average molecular weight is 368 g/mol. The van der Waals surface area contributed by atoms with Gasteiger partial charge in [-0.3, -0.25) is 10.1 Å². The first-order chi connectivity index (χ1) is 12.1. The third-order valence-corrected chi connectivity index (χ3v) is 3.90. The molecule has 2 rings (SSSR count). The second-order valence-corrected chi connectivity index (χ2v) is 7.06. The lowest BCUT2D eigenvalue weighted by molar-refractivity contribution is -0.384. The lowest BCUT2D eigenvalue weighted by Gasteiger charge is -2.37. The monoisotopic (exact) mass is 368 g/mol. The smallest absolute Gasteiger partial charge is 0.410 e. The van der Waals surface area contributed by atoms with Gasteiger partial charge in [0.25, 0.3) is 5.69 Å². The predicted octanol–water partition coefficient (Wildman–Crippen LogP) is 3.22. The fourth-order valence-corrected chi connectivity index (χ4v) is 2.73. The van der Waals surface area contributed by atoms with E-state index in [9.17, 15) is 19.3 Å². The average Bonchev–Trinajstić information content (AvgIpc) is 2.54. The van der Waals surface area contributed by atoms with Gasteiger partial charge in [0.15, 0.2) is 5.82 Å². The summed E-state index contributed by atoms with van der Waals surface area (Å²) in [5.74, 6) is -0.649. The zero-order valence-electron chi connectivity index (χ0n) is 15.5. The van der Waals surface area contributed by atoms with Crippen LogP contribution in [0.25, 0.3) is 0 Å². The Hall–Kier alpha value is -2.58. The number of benzene rings is 1. The summed E-state index contributed by atoms with van der Waals surface area (Å²) in [5.41, 5.74) is -0.293. The first kappa shape index (κ1) is 19.7. The van der Waals surface area contributed by atoms with Crippen molar-refractivity contribution in [2.24, 2.45) is 0 Å². The maximum Gasteiger partial charge on any atom is 0.410 e. The Balaban J connectivity index is 2.12. The molecule has 1 aromatic carbocycles. The van der Waals surface area contributed by atoms with Crippen LogP contribution in [0.1, 0.15) is 27.7 Å². The highest BCUT2D eigenvalue weighted by molar-refractivity contribution is 5.71. The first-order valence-corrected chi connectivity index (χ1v) is 8.57. The van der Waals surface area contributed by atoms with E-state index in [4.69, 9.17) is 4.74 Å². The summed E-state index contributed by atoms with van der Waals surface area (Å²) in [6.07, 6.45) is -0.394. The van der Waals surface area contributed by atoms with Crippen LogP contribution in [0.15, 0.2) is 12.1 Å². The fourth-order valence-electron chi connectivity index (χ4n) is 2.73. The van der Waals surface area contributed by atoms with Gasteiger partial charge in [0.2, 0.25) is 0 Å². The van der Waals surface area contributed by atoms with Crippen molar-refractivity contribution in [3.05, 3.63) is 28.1 Å². The van der Waals surface area contributed by atoms with E-state index in [0.717, 1.165) is 6.07 Å². The molecule has 0 saturated carbocycles. The summed E-state index contributed by atoms with van der Waals surface area (Å²) in [6, 6.07) is 2.40. The van der Waals surface area contributed by atoms with Gasteiger partial charge in [-0.1, -0.05) is 0 Å². The number of hydrogen-bond acceptors (Lipinski definition) is 6. The van der Waals surface area contributed by atoms with Gasteiger partial charge in [0.05, 0.1) is 16.7 Å². The Morgan fingerprint density at radius 3 is 2.42 bits per heavy atom. The number of rotatable bonds is 4. The van der Waals surface area contributed by atoms with Gasteiger partial charge < -0.3 is 19.9 Å². The van der Waals surface area contributed by atoms with E-state index in [1.807, 2.05) is 6.92 Å². The molecule has 1 aromatic rings. The molecule has 8 nitrogen and oxygen atoms in total. The summed E-state index contributed by atoms with van der Waals surface area (Å²) in [6.45, 7) is 9.31. The van der Waals surface area contributed by atoms with Gasteiger partial charge in [0, 0.05) is 32.7 Å². The summed E-state index contributed by atoms with van der Waals surface area (Å²) >= 11 is 0. The van der Waals surface area contributed by atoms with Crippen molar-refractivity contribution in [2.45, 2.75) is 33.3 Å². The summed E-state index contributed by atoms with van der Waals surface area (Å²) in [5, 5.41) is 14.0. The van der Waals surface area contributed by atoms with E-state index in [1.54, 1.807) is 30.6 Å². The molecule has 1 heterocycles. The molecule has 0 radical (unpaired) electrons. The maximum atomic E-state index is 14.4. The minimum absolute atomic E-state index is 0.281. The second kappa shape index (κ2) is 7.76. The number of anilines is 2. The molecule has 0 aliphatic carbocycles. The Labute approximate surface area is 152 Å². The van der Waals surface area contributed by atoms with Gasteiger partial charge in [0.1, 0.15) is 11.3 Å². The minimum Gasteiger partial charge on any atom is -0.444 e. The van der Waals surface area contributed by atoms with E-state index in [1.165, 1.54) is 6.07 Å². The Morgan fingerprint density at radius 2 is 1.92 bits per heavy atom. The van der Waals surface area contributed by atoms with Gasteiger partial charge in [-0.15, -0.1) is 0 Å². The van der Waals surface area contributed by atoms with Crippen LogP contribution in [-0.4, -0.2) is 54.2 Å². The number of amides is 1. The zero-order valence-corrected chi connectivity index (χ0v) is 15.5. The SMILES string of the molecule is CCNc1cc(N2CCN(C(=O)OC(C)(C)C)CC2)c(F)cc1[N+](=O)[O-]. The molecule has 1 aliphatic heterocycles. The Kier molecular flexibility index (Phi) is 5.89. The normalized spacial score (nSPS) is 15.0. The first-order valence-electron chi connectivity index (χ1n) is 8.57. The van der Waals surface area contributed by atoms with Gasteiger partial charge in [-0.25, -0.2) is 9.18 Å². The van der Waals surface area contributed by atoms with Crippen LogP contribution in [-0.2, 0) is 4.74 Å². The molecule has 1 saturated heterocycles. The molecular weight excluding hydrogens is 343 g/mol. The van der Waals surface area contributed by atoms with E-state index in [0.29, 0.717) is 32.7 Å². The molecule has 1 amide bonds. The van der Waals surface area contributed by atoms with Crippen LogP contribution >= 0.6 is 0 Å². The molecular formula is C17H25FN4O4. The lowest BCUT2D eigenvalue weighted by atomic mass is 10.2. The molecule has 1 fully saturated rings. The number of hydrogen-bond donors (Lipinski definition) is 1. The molecule has 1 N–H and O–H groups in total. The van der Waals surface area contributed by atoms with Gasteiger partial charge >= 0.3 is 6.09 Å². The van der Waals surface area contributed by atoms with Gasteiger partial charge in [-0.2, -0.15) is 0 Å². The number of carbonyl (C=O) groups is 1. The van der Waals surface area contributed by atoms with Crippen molar-refractivity contribution in [1.29, 1.82) is 0 Å². The number of nitro groups is 1. The van der Waals surface area contributed by atoms with Crippen molar-refractivity contribution in [1.82, 2.24) is 4.90 Å². The van der Waals surface area contributed by atoms with E-state index >= 15 is 0 Å². The predicted molar refractivity (Wildman–Crippen MR) is 97.2 cm³/mol. The van der Waals surface area contributed by atoms with Crippen molar-refractivity contribution in [3.8, 4) is 0 Å². The molecule has 0 aromatic heterocycles. The molecule has 0 unspecified atom stereocenters. The molecule has 0 atom stereocenters. The number of piperazine rings is 1. The van der Waals surface area contributed by atoms with Crippen LogP contribution in [0.4, 0.5) is 26.2 Å². The molecule has 0 bridgehead atoms. The maximum absolute atomic E-state index is 14.4. The van der Waals surface area contributed by atoms with Crippen molar-refractivity contribution in [3.63, 3.8) is 0 Å². The Morgan fingerprint density at radius 1 is 1.31 bits per heavy atom. The van der Waals surface area contributed by atoms with Crippen LogP contribution in [0.2, 0.25) is 0 Å². The molecule has 0 spiro atoms. The minimum atomic E-state index is -0.649. The number of nitrogens with zero attached hydrogens (tertiary/aromatic N) is 3. The number of ether oxygens (including phenoxy) is 1. The van der Waals surface area contributed by atoms with Crippen LogP contribution in [0.3, 0.4) is 0 Å². The van der Waals surface area contributed by atoms with E-state index in [-0.39, 0.29) is 17.1 Å². The summed E-state index contributed by atoms with van der Waals surface area (Å²) < 4.78 is 19.8. The van der Waals surface area contributed by atoms with E-state index < -0.39 is 22.4 Å². The van der Waals surface area contributed by atoms with Crippen LogP contribution in [0, 0.1) is 15.9 Å². The Bertz CT molecular complexity index is 682. The summed E-state index contributed by atoms with van der Waals surface area (Å²) in [4.78, 5) is 26.0. The third kappa shape index (κ3) is 4.74. The van der Waals surface area contributed by atoms with Crippen molar-refractivity contribution < 1.29 is 18.8 Å². The fraction of sp³-hybridized carbons (Fsp3) is 0.588. The van der Waals surface area contributed by atoms with Crippen molar-refractivity contribution >= 4 is 23.2 Å². The number of halogens is 1. The molecule has 9 heteroatoms. The highest BCUT2D eigenvalue weighted by atomic mass is 19.1. The second-order valence-electron chi connectivity index (χ2n) is 7.06. The molecule has 144 valence electrons. The highest BCUT2D eigenvalue weighted by Crippen LogP contribution is 2.33. The highest BCUT2D eigenvalue weighted by Gasteiger charge is 2.28. The van der Waals surface area contributed by atoms with Crippen molar-refractivity contribution in [2.75, 3.05) is 42.9 Å². The number of nitrogens with one attached hydrogen (secondary N) is 1. The van der Waals surface area contributed by atoms with E-state index in [2.05, 4.69) is 5.32 Å². The van der Waals surface area contributed by atoms with Crippen LogP contribution < -0.4 is 10.2 Å². The third-order valence-electron chi connectivity index (χ3n) is 3.90. The largest absolute Gasteiger partial charge is 0.444 e. The number of carbonyl (C=O) groups excluding carboxylic acids is 1. The van der Waals surface area contributed by atoms with Crippen LogP contribution in [0.5, 0.6) is 0 Å². The summed E-state index contributed by atoms with van der Waals surface area (Å²) in [7, 11) is 0. The quantitative estimate of drug-likeness (QED) is 0.648. The standard InChI is InChI=1S/C17H25FN4O4/c1-5-19-13-11-14(12(18)10-15(13)22(24)25)20-6-8-21(9-7-20)16(23)26-17(2,3)4/h10-11,19H,5-9H2,1-4H3.